The molecule has 1 heterocycles. The largest absolute Gasteiger partial charge is 0.493 e. The number of fused-ring (bicyclic) bond motifs is 2. The highest BCUT2D eigenvalue weighted by Crippen LogP contribution is 2.51. The normalized spacial score (nSPS) is 33.2. The van der Waals surface area contributed by atoms with E-state index in [1.165, 1.54) is 31.5 Å². The number of nitrogens with zero attached hydrogens (tertiary/aromatic N) is 2. The number of hydrazone groups is 1. The van der Waals surface area contributed by atoms with E-state index in [1.54, 1.807) is 6.07 Å². The number of carbonyl (C=O) groups excluding carboxylic acids is 1. The maximum absolute atomic E-state index is 15.1. The molecule has 4 aliphatic rings. The fourth-order valence-electron chi connectivity index (χ4n) is 6.59. The maximum atomic E-state index is 15.1. The molecule has 0 radical (unpaired) electrons. The van der Waals surface area contributed by atoms with Crippen LogP contribution in [0.4, 0.5) is 4.39 Å². The van der Waals surface area contributed by atoms with Gasteiger partial charge in [-0.25, -0.2) is 14.2 Å². The predicted octanol–water partition coefficient (Wildman–Crippen LogP) is 5.22. The Morgan fingerprint density at radius 2 is 1.91 bits per heavy atom. The number of benzene rings is 1. The smallest absolute Gasteiger partial charge is 0.329 e. The second-order valence-corrected chi connectivity index (χ2v) is 11.2. The third-order valence-corrected chi connectivity index (χ3v) is 7.95. The van der Waals surface area contributed by atoms with Crippen LogP contribution in [0.1, 0.15) is 87.1 Å². The van der Waals surface area contributed by atoms with Gasteiger partial charge >= 0.3 is 5.97 Å². The van der Waals surface area contributed by atoms with Gasteiger partial charge in [0, 0.05) is 24.1 Å². The second-order valence-electron chi connectivity index (χ2n) is 11.2. The molecule has 5 rings (SSSR count). The van der Waals surface area contributed by atoms with Gasteiger partial charge in [-0.2, -0.15) is 5.10 Å². The summed E-state index contributed by atoms with van der Waals surface area (Å²) in [6.07, 6.45) is 9.68. The number of hydrogen-bond donors (Lipinski definition) is 1. The van der Waals surface area contributed by atoms with E-state index in [2.05, 4.69) is 18.9 Å². The maximum Gasteiger partial charge on any atom is 0.329 e. The summed E-state index contributed by atoms with van der Waals surface area (Å²) in [6, 6.07) is 1.80. The molecule has 7 heteroatoms. The van der Waals surface area contributed by atoms with Crippen LogP contribution in [0.2, 0.25) is 0 Å². The van der Waals surface area contributed by atoms with Crippen molar-refractivity contribution >= 4 is 18.1 Å². The summed E-state index contributed by atoms with van der Waals surface area (Å²) in [5.74, 6) is 0.533. The molecule has 3 saturated carbocycles. The summed E-state index contributed by atoms with van der Waals surface area (Å²) in [6.45, 7) is 5.21. The zero-order chi connectivity index (χ0) is 23.3. The lowest BCUT2D eigenvalue weighted by Crippen LogP contribution is -2.39. The molecule has 1 aromatic rings. The van der Waals surface area contributed by atoms with Gasteiger partial charge < -0.3 is 9.84 Å². The molecule has 0 saturated heterocycles. The first-order valence-corrected chi connectivity index (χ1v) is 12.3. The quantitative estimate of drug-likeness (QED) is 0.637. The van der Waals surface area contributed by atoms with Gasteiger partial charge in [-0.1, -0.05) is 13.8 Å². The highest BCUT2D eigenvalue weighted by molar-refractivity contribution is 5.99. The van der Waals surface area contributed by atoms with E-state index in [1.807, 2.05) is 0 Å². The van der Waals surface area contributed by atoms with Crippen LogP contribution in [-0.4, -0.2) is 40.9 Å². The summed E-state index contributed by atoms with van der Waals surface area (Å²) < 4.78 is 21.4. The van der Waals surface area contributed by atoms with Crippen molar-refractivity contribution in [2.75, 3.05) is 6.61 Å². The van der Waals surface area contributed by atoms with Gasteiger partial charge in [-0.3, -0.25) is 4.79 Å². The number of carboxylic acids is 1. The average molecular weight is 457 g/mol. The SMILES string of the molecule is CC1CC2C[C@@H](C1)C[C@](C)(COc1cc(F)c(C(=O)N3N=CCC3C(=O)O)cc1C1CC1)C2. The number of halogens is 1. The Balaban J connectivity index is 1.35. The van der Waals surface area contributed by atoms with E-state index >= 15 is 4.39 Å². The molecular formula is C26H33FN2O4. The number of rotatable bonds is 6. The van der Waals surface area contributed by atoms with Crippen LogP contribution in [0.15, 0.2) is 17.2 Å². The summed E-state index contributed by atoms with van der Waals surface area (Å²) in [5.41, 5.74) is 0.795. The summed E-state index contributed by atoms with van der Waals surface area (Å²) >= 11 is 0. The summed E-state index contributed by atoms with van der Waals surface area (Å²) in [5, 5.41) is 14.1. The Morgan fingerprint density at radius 1 is 1.21 bits per heavy atom. The molecule has 0 spiro atoms. The molecule has 6 nitrogen and oxygen atoms in total. The van der Waals surface area contributed by atoms with Crippen molar-refractivity contribution in [1.29, 1.82) is 0 Å². The summed E-state index contributed by atoms with van der Waals surface area (Å²) in [7, 11) is 0. The van der Waals surface area contributed by atoms with Gasteiger partial charge in [0.05, 0.1) is 12.2 Å². The van der Waals surface area contributed by atoms with Gasteiger partial charge in [0.1, 0.15) is 11.6 Å². The van der Waals surface area contributed by atoms with Crippen LogP contribution in [0, 0.1) is 29.0 Å². The minimum atomic E-state index is -1.15. The molecule has 5 atom stereocenters. The van der Waals surface area contributed by atoms with E-state index in [0.717, 1.165) is 54.0 Å². The van der Waals surface area contributed by atoms with Gasteiger partial charge in [-0.15, -0.1) is 0 Å². The van der Waals surface area contributed by atoms with Crippen LogP contribution < -0.4 is 4.74 Å². The van der Waals surface area contributed by atoms with Crippen molar-refractivity contribution in [3.8, 4) is 5.75 Å². The first kappa shape index (κ1) is 22.4. The first-order chi connectivity index (χ1) is 15.7. The Morgan fingerprint density at radius 3 is 2.55 bits per heavy atom. The summed E-state index contributed by atoms with van der Waals surface area (Å²) in [4.78, 5) is 24.4. The number of hydrogen-bond acceptors (Lipinski definition) is 4. The number of carboxylic acid groups (broad SMARTS) is 1. The third kappa shape index (κ3) is 4.51. The minimum Gasteiger partial charge on any atom is -0.493 e. The molecule has 3 aliphatic carbocycles. The van der Waals surface area contributed by atoms with Crippen LogP contribution >= 0.6 is 0 Å². The van der Waals surface area contributed by atoms with E-state index < -0.39 is 23.7 Å². The van der Waals surface area contributed by atoms with E-state index in [4.69, 9.17) is 4.74 Å². The predicted molar refractivity (Wildman–Crippen MR) is 122 cm³/mol. The van der Waals surface area contributed by atoms with Gasteiger partial charge in [-0.05, 0) is 80.2 Å². The van der Waals surface area contributed by atoms with Crippen LogP contribution in [0.5, 0.6) is 5.75 Å². The van der Waals surface area contributed by atoms with E-state index in [9.17, 15) is 14.7 Å². The lowest BCUT2D eigenvalue weighted by Gasteiger charge is -2.47. The molecule has 0 aromatic heterocycles. The molecule has 1 aromatic carbocycles. The van der Waals surface area contributed by atoms with Crippen molar-refractivity contribution in [1.82, 2.24) is 5.01 Å². The Hall–Kier alpha value is -2.44. The van der Waals surface area contributed by atoms with E-state index in [0.29, 0.717) is 12.4 Å². The lowest BCUT2D eigenvalue weighted by molar-refractivity contribution is -0.141. The van der Waals surface area contributed by atoms with Crippen LogP contribution in [0.3, 0.4) is 0 Å². The number of aliphatic carboxylic acids is 1. The van der Waals surface area contributed by atoms with E-state index in [-0.39, 0.29) is 23.3 Å². The van der Waals surface area contributed by atoms with Crippen molar-refractivity contribution < 1.29 is 23.8 Å². The van der Waals surface area contributed by atoms with Gasteiger partial charge in [0.2, 0.25) is 0 Å². The molecular weight excluding hydrogens is 423 g/mol. The van der Waals surface area contributed by atoms with Crippen molar-refractivity contribution in [2.24, 2.45) is 28.3 Å². The monoisotopic (exact) mass is 456 g/mol. The molecule has 3 unspecified atom stereocenters. The molecule has 178 valence electrons. The standard InChI is InChI=1S/C26H33FN2O4/c1-15-7-16-9-17(8-15)13-26(2,12-16)14-33-23-11-21(27)20(10-19(23)18-3-4-18)24(30)29-22(25(31)32)5-6-28-29/h6,10-11,15-18,22H,3-5,7-9,12-14H2,1-2H3,(H,31,32)/t15?,16-,17?,22?,26+/m1/s1. The highest BCUT2D eigenvalue weighted by Gasteiger charge is 2.42. The third-order valence-electron chi connectivity index (χ3n) is 7.95. The molecule has 2 bridgehead atoms. The molecule has 3 fully saturated rings. The Kier molecular flexibility index (Phi) is 5.69. The van der Waals surface area contributed by atoms with Crippen molar-refractivity contribution in [2.45, 2.75) is 77.2 Å². The topological polar surface area (TPSA) is 79.2 Å². The first-order valence-electron chi connectivity index (χ1n) is 12.3. The Bertz CT molecular complexity index is 971. The zero-order valence-corrected chi connectivity index (χ0v) is 19.4. The number of amides is 1. The van der Waals surface area contributed by atoms with Gasteiger partial charge in [0.25, 0.3) is 5.91 Å². The van der Waals surface area contributed by atoms with Crippen molar-refractivity contribution in [3.05, 3.63) is 29.1 Å². The highest BCUT2D eigenvalue weighted by atomic mass is 19.1. The molecule has 1 aliphatic heterocycles. The van der Waals surface area contributed by atoms with Crippen LogP contribution in [-0.2, 0) is 4.79 Å². The van der Waals surface area contributed by atoms with Gasteiger partial charge in [0.15, 0.2) is 6.04 Å². The van der Waals surface area contributed by atoms with Crippen LogP contribution in [0.25, 0.3) is 0 Å². The minimum absolute atomic E-state index is 0.0818. The molecule has 1 amide bonds. The Labute approximate surface area is 194 Å². The fraction of sp³-hybridized carbons (Fsp3) is 0.654. The van der Waals surface area contributed by atoms with Crippen molar-refractivity contribution in [3.63, 3.8) is 0 Å². The molecule has 1 N–H and O–H groups in total. The number of carbonyl (C=O) groups is 2. The second kappa shape index (κ2) is 8.41. The molecule has 33 heavy (non-hydrogen) atoms. The zero-order valence-electron chi connectivity index (χ0n) is 19.4. The fourth-order valence-corrected chi connectivity index (χ4v) is 6.59. The average Bonchev–Trinajstić information content (AvgIpc) is 3.45. The number of ether oxygens (including phenoxy) is 1. The lowest BCUT2D eigenvalue weighted by atomic mass is 9.60.